The van der Waals surface area contributed by atoms with E-state index in [1.807, 2.05) is 7.05 Å². The van der Waals surface area contributed by atoms with Crippen LogP contribution in [0.4, 0.5) is 5.95 Å². The number of hydrogen-bond acceptors (Lipinski definition) is 6. The maximum Gasteiger partial charge on any atom is 0.231 e. The molecule has 0 amide bonds. The predicted octanol–water partition coefficient (Wildman–Crippen LogP) is 1.06. The van der Waals surface area contributed by atoms with E-state index in [1.165, 1.54) is 12.8 Å². The summed E-state index contributed by atoms with van der Waals surface area (Å²) in [5.41, 5.74) is 5.84. The van der Waals surface area contributed by atoms with E-state index in [9.17, 15) is 0 Å². The van der Waals surface area contributed by atoms with E-state index in [1.54, 1.807) is 20.3 Å². The fourth-order valence-corrected chi connectivity index (χ4v) is 2.71. The van der Waals surface area contributed by atoms with E-state index in [0.717, 1.165) is 6.42 Å². The molecule has 2 unspecified atom stereocenters. The van der Waals surface area contributed by atoms with Crippen LogP contribution in [0.25, 0.3) is 0 Å². The molecular weight excluding hydrogens is 244 g/mol. The summed E-state index contributed by atoms with van der Waals surface area (Å²) in [7, 11) is 5.18. The van der Waals surface area contributed by atoms with E-state index in [2.05, 4.69) is 14.9 Å². The molecule has 19 heavy (non-hydrogen) atoms. The van der Waals surface area contributed by atoms with Crippen molar-refractivity contribution < 1.29 is 9.47 Å². The molecule has 1 aliphatic rings. The molecule has 0 radical (unpaired) electrons. The predicted molar refractivity (Wildman–Crippen MR) is 73.7 cm³/mol. The average Bonchev–Trinajstić information content (AvgIpc) is 2.94. The number of aromatic nitrogens is 2. The lowest BCUT2D eigenvalue weighted by atomic mass is 10.0. The molecule has 1 aliphatic carbocycles. The Labute approximate surface area is 113 Å². The summed E-state index contributed by atoms with van der Waals surface area (Å²) in [5, 5.41) is 0. The van der Waals surface area contributed by atoms with Crippen molar-refractivity contribution in [2.75, 3.05) is 32.7 Å². The van der Waals surface area contributed by atoms with Gasteiger partial charge in [0.25, 0.3) is 0 Å². The van der Waals surface area contributed by atoms with E-state index < -0.39 is 0 Å². The summed E-state index contributed by atoms with van der Waals surface area (Å²) < 4.78 is 10.4. The second-order valence-corrected chi connectivity index (χ2v) is 4.86. The molecule has 1 heterocycles. The lowest BCUT2D eigenvalue weighted by Gasteiger charge is -2.29. The summed E-state index contributed by atoms with van der Waals surface area (Å²) in [6.45, 7) is 0.704. The Kier molecular flexibility index (Phi) is 4.42. The molecule has 106 valence electrons. The number of anilines is 1. The highest BCUT2D eigenvalue weighted by Crippen LogP contribution is 2.31. The van der Waals surface area contributed by atoms with Gasteiger partial charge in [-0.3, -0.25) is 0 Å². The quantitative estimate of drug-likeness (QED) is 0.859. The minimum atomic E-state index is 0.391. The zero-order valence-electron chi connectivity index (χ0n) is 11.8. The van der Waals surface area contributed by atoms with E-state index in [0.29, 0.717) is 36.2 Å². The third kappa shape index (κ3) is 2.89. The third-order valence-electron chi connectivity index (χ3n) is 3.82. The number of ether oxygens (including phenoxy) is 2. The Hall–Kier alpha value is -1.56. The Morgan fingerprint density at radius 3 is 2.42 bits per heavy atom. The van der Waals surface area contributed by atoms with Crippen LogP contribution in [0, 0.1) is 5.92 Å². The van der Waals surface area contributed by atoms with Crippen molar-refractivity contribution in [2.45, 2.75) is 25.3 Å². The van der Waals surface area contributed by atoms with Crippen molar-refractivity contribution in [3.05, 3.63) is 6.07 Å². The first kappa shape index (κ1) is 13.9. The van der Waals surface area contributed by atoms with Gasteiger partial charge >= 0.3 is 0 Å². The molecule has 0 saturated heterocycles. The van der Waals surface area contributed by atoms with Crippen LogP contribution in [0.1, 0.15) is 19.3 Å². The highest BCUT2D eigenvalue weighted by Gasteiger charge is 2.31. The Morgan fingerprint density at radius 1 is 1.26 bits per heavy atom. The van der Waals surface area contributed by atoms with E-state index in [4.69, 9.17) is 15.2 Å². The minimum Gasteiger partial charge on any atom is -0.481 e. The monoisotopic (exact) mass is 266 g/mol. The molecule has 0 aromatic carbocycles. The van der Waals surface area contributed by atoms with Gasteiger partial charge in [-0.05, 0) is 25.3 Å². The molecule has 0 bridgehead atoms. The molecule has 2 rings (SSSR count). The van der Waals surface area contributed by atoms with Crippen LogP contribution in [-0.2, 0) is 0 Å². The van der Waals surface area contributed by atoms with Crippen LogP contribution in [0.5, 0.6) is 11.8 Å². The largest absolute Gasteiger partial charge is 0.481 e. The smallest absolute Gasteiger partial charge is 0.231 e. The number of methoxy groups -OCH3 is 2. The summed E-state index contributed by atoms with van der Waals surface area (Å²) in [6.07, 6.45) is 3.51. The number of hydrogen-bond donors (Lipinski definition) is 1. The van der Waals surface area contributed by atoms with Crippen molar-refractivity contribution in [3.8, 4) is 11.8 Å². The first-order valence-corrected chi connectivity index (χ1v) is 6.59. The maximum absolute atomic E-state index is 5.84. The van der Waals surface area contributed by atoms with Crippen LogP contribution < -0.4 is 20.1 Å². The van der Waals surface area contributed by atoms with Gasteiger partial charge in [0.2, 0.25) is 17.7 Å². The Morgan fingerprint density at radius 2 is 1.89 bits per heavy atom. The molecular formula is C13H22N4O2. The first-order valence-electron chi connectivity index (χ1n) is 6.59. The molecule has 6 nitrogen and oxygen atoms in total. The maximum atomic E-state index is 5.84. The van der Waals surface area contributed by atoms with Gasteiger partial charge in [-0.25, -0.2) is 0 Å². The molecule has 0 aliphatic heterocycles. The molecule has 1 fully saturated rings. The van der Waals surface area contributed by atoms with Crippen molar-refractivity contribution in [1.29, 1.82) is 0 Å². The SMILES string of the molecule is COc1cc(OC)nc(N(C)C2CCCC2CN)n1. The van der Waals surface area contributed by atoms with Crippen LogP contribution >= 0.6 is 0 Å². The van der Waals surface area contributed by atoms with Crippen LogP contribution in [0.15, 0.2) is 6.07 Å². The fourth-order valence-electron chi connectivity index (χ4n) is 2.71. The van der Waals surface area contributed by atoms with E-state index >= 15 is 0 Å². The second kappa shape index (κ2) is 6.06. The standard InChI is InChI=1S/C13H22N4O2/c1-17(10-6-4-5-9(10)8-14)13-15-11(18-2)7-12(16-13)19-3/h7,9-10H,4-6,8,14H2,1-3H3. The van der Waals surface area contributed by atoms with Crippen LogP contribution in [-0.4, -0.2) is 43.8 Å². The first-order chi connectivity index (χ1) is 9.19. The van der Waals surface area contributed by atoms with Crippen molar-refractivity contribution in [1.82, 2.24) is 9.97 Å². The Bertz CT molecular complexity index is 405. The Balaban J connectivity index is 2.24. The van der Waals surface area contributed by atoms with E-state index in [-0.39, 0.29) is 0 Å². The lowest BCUT2D eigenvalue weighted by Crippen LogP contribution is -2.38. The summed E-state index contributed by atoms with van der Waals surface area (Å²) in [6, 6.07) is 2.06. The normalized spacial score (nSPS) is 22.3. The van der Waals surface area contributed by atoms with Gasteiger partial charge in [0, 0.05) is 13.1 Å². The zero-order chi connectivity index (χ0) is 13.8. The van der Waals surface area contributed by atoms with Gasteiger partial charge in [-0.15, -0.1) is 0 Å². The topological polar surface area (TPSA) is 73.5 Å². The molecule has 1 aromatic rings. The van der Waals surface area contributed by atoms with Gasteiger partial charge in [-0.1, -0.05) is 6.42 Å². The summed E-state index contributed by atoms with van der Waals surface area (Å²) in [5.74, 6) is 2.15. The summed E-state index contributed by atoms with van der Waals surface area (Å²) in [4.78, 5) is 10.9. The third-order valence-corrected chi connectivity index (χ3v) is 3.82. The van der Waals surface area contributed by atoms with Gasteiger partial charge in [0.15, 0.2) is 0 Å². The lowest BCUT2D eigenvalue weighted by molar-refractivity contribution is 0.369. The molecule has 6 heteroatoms. The summed E-state index contributed by atoms with van der Waals surface area (Å²) >= 11 is 0. The van der Waals surface area contributed by atoms with Gasteiger partial charge < -0.3 is 20.1 Å². The molecule has 2 N–H and O–H groups in total. The molecule has 1 aromatic heterocycles. The van der Waals surface area contributed by atoms with Gasteiger partial charge in [0.05, 0.1) is 20.3 Å². The van der Waals surface area contributed by atoms with Crippen molar-refractivity contribution in [2.24, 2.45) is 11.7 Å². The van der Waals surface area contributed by atoms with Crippen LogP contribution in [0.3, 0.4) is 0 Å². The highest BCUT2D eigenvalue weighted by atomic mass is 16.5. The molecule has 2 atom stereocenters. The van der Waals surface area contributed by atoms with Crippen LogP contribution in [0.2, 0.25) is 0 Å². The molecule has 0 spiro atoms. The molecule has 1 saturated carbocycles. The fraction of sp³-hybridized carbons (Fsp3) is 0.692. The zero-order valence-corrected chi connectivity index (χ0v) is 11.8. The van der Waals surface area contributed by atoms with Gasteiger partial charge in [-0.2, -0.15) is 9.97 Å². The second-order valence-electron chi connectivity index (χ2n) is 4.86. The minimum absolute atomic E-state index is 0.391. The van der Waals surface area contributed by atoms with Crippen molar-refractivity contribution in [3.63, 3.8) is 0 Å². The number of nitrogens with two attached hydrogens (primary N) is 1. The highest BCUT2D eigenvalue weighted by molar-refractivity contribution is 5.37. The number of nitrogens with zero attached hydrogens (tertiary/aromatic N) is 3. The van der Waals surface area contributed by atoms with Gasteiger partial charge in [0.1, 0.15) is 0 Å². The average molecular weight is 266 g/mol. The van der Waals surface area contributed by atoms with Crippen molar-refractivity contribution >= 4 is 5.95 Å². The number of rotatable bonds is 5.